The number of rotatable bonds is 36. The number of phosphoric ester groups is 1. The Morgan fingerprint density at radius 3 is 1.62 bits per heavy atom. The molecule has 0 aliphatic heterocycles. The Labute approximate surface area is 307 Å². The quantitative estimate of drug-likeness (QED) is 0.0223. The van der Waals surface area contributed by atoms with E-state index in [9.17, 15) is 19.0 Å². The number of carbonyl (C=O) groups is 2. The molecular formula is C40H77NO8P+. The van der Waals surface area contributed by atoms with Gasteiger partial charge in [-0.2, -0.15) is 0 Å². The predicted molar refractivity (Wildman–Crippen MR) is 206 cm³/mol. The number of likely N-dealkylation sites (N-methyl/N-ethyl adjacent to an activating group) is 1. The Balaban J connectivity index is 4.42. The summed E-state index contributed by atoms with van der Waals surface area (Å²) in [7, 11) is 1.47. The van der Waals surface area contributed by atoms with Gasteiger partial charge in [0.15, 0.2) is 6.10 Å². The second-order valence-electron chi connectivity index (χ2n) is 14.7. The van der Waals surface area contributed by atoms with Crippen LogP contribution in [0.15, 0.2) is 24.3 Å². The number of nitrogens with zero attached hydrogens (tertiary/aromatic N) is 1. The fourth-order valence-electron chi connectivity index (χ4n) is 5.28. The third-order valence-electron chi connectivity index (χ3n) is 8.48. The first-order chi connectivity index (χ1) is 24.0. The van der Waals surface area contributed by atoms with Crippen molar-refractivity contribution in [3.8, 4) is 0 Å². The lowest BCUT2D eigenvalue weighted by Crippen LogP contribution is -2.37. The molecule has 294 valence electrons. The number of phosphoric acid groups is 1. The highest BCUT2D eigenvalue weighted by Gasteiger charge is 2.27. The molecule has 0 fully saturated rings. The average molecular weight is 731 g/mol. The topological polar surface area (TPSA) is 108 Å². The number of hydrogen-bond acceptors (Lipinski definition) is 7. The zero-order chi connectivity index (χ0) is 37.2. The van der Waals surface area contributed by atoms with Gasteiger partial charge in [0.1, 0.15) is 19.8 Å². The van der Waals surface area contributed by atoms with Crippen LogP contribution in [0.1, 0.15) is 168 Å². The molecule has 0 aromatic rings. The summed E-state index contributed by atoms with van der Waals surface area (Å²) in [5.41, 5.74) is 0. The second-order valence-corrected chi connectivity index (χ2v) is 16.1. The molecule has 0 aliphatic rings. The number of quaternary nitrogens is 1. The van der Waals surface area contributed by atoms with Crippen LogP contribution >= 0.6 is 7.82 Å². The van der Waals surface area contributed by atoms with Crippen LogP contribution in [-0.4, -0.2) is 74.9 Å². The van der Waals surface area contributed by atoms with Gasteiger partial charge in [0.25, 0.3) is 0 Å². The minimum absolute atomic E-state index is 0.0309. The molecular weight excluding hydrogens is 653 g/mol. The maximum absolute atomic E-state index is 12.6. The average Bonchev–Trinajstić information content (AvgIpc) is 3.06. The van der Waals surface area contributed by atoms with Crippen LogP contribution in [0.4, 0.5) is 0 Å². The number of carbonyl (C=O) groups excluding carboxylic acids is 2. The molecule has 0 heterocycles. The van der Waals surface area contributed by atoms with Gasteiger partial charge in [0, 0.05) is 12.8 Å². The van der Waals surface area contributed by atoms with Crippen molar-refractivity contribution in [2.24, 2.45) is 0 Å². The maximum Gasteiger partial charge on any atom is 0.472 e. The normalized spacial score (nSPS) is 14.0. The monoisotopic (exact) mass is 731 g/mol. The van der Waals surface area contributed by atoms with Crippen molar-refractivity contribution < 1.29 is 42.1 Å². The second kappa shape index (κ2) is 33.3. The zero-order valence-corrected chi connectivity index (χ0v) is 33.8. The van der Waals surface area contributed by atoms with Crippen molar-refractivity contribution in [3.05, 3.63) is 24.3 Å². The van der Waals surface area contributed by atoms with E-state index in [0.717, 1.165) is 57.8 Å². The molecule has 0 amide bonds. The Morgan fingerprint density at radius 2 is 1.08 bits per heavy atom. The molecule has 9 nitrogen and oxygen atoms in total. The van der Waals surface area contributed by atoms with Gasteiger partial charge in [-0.3, -0.25) is 18.6 Å². The smallest absolute Gasteiger partial charge is 0.462 e. The van der Waals surface area contributed by atoms with E-state index in [1.165, 1.54) is 77.0 Å². The van der Waals surface area contributed by atoms with Crippen LogP contribution < -0.4 is 0 Å². The van der Waals surface area contributed by atoms with E-state index in [-0.39, 0.29) is 32.0 Å². The number of hydrogen-bond donors (Lipinski definition) is 1. The van der Waals surface area contributed by atoms with Gasteiger partial charge in [-0.05, 0) is 44.9 Å². The molecule has 2 atom stereocenters. The highest BCUT2D eigenvalue weighted by atomic mass is 31.2. The third kappa shape index (κ3) is 36.3. The van der Waals surface area contributed by atoms with Crippen molar-refractivity contribution in [1.29, 1.82) is 0 Å². The Morgan fingerprint density at radius 1 is 0.620 bits per heavy atom. The van der Waals surface area contributed by atoms with Gasteiger partial charge < -0.3 is 18.9 Å². The van der Waals surface area contributed by atoms with Crippen LogP contribution in [0.2, 0.25) is 0 Å². The minimum atomic E-state index is -4.37. The summed E-state index contributed by atoms with van der Waals surface area (Å²) in [4.78, 5) is 35.2. The van der Waals surface area contributed by atoms with E-state index in [4.69, 9.17) is 18.5 Å². The number of allylic oxidation sites excluding steroid dienone is 4. The molecule has 0 aromatic carbocycles. The van der Waals surface area contributed by atoms with E-state index in [2.05, 4.69) is 38.2 Å². The van der Waals surface area contributed by atoms with Gasteiger partial charge in [-0.15, -0.1) is 0 Å². The highest BCUT2D eigenvalue weighted by molar-refractivity contribution is 7.47. The third-order valence-corrected chi connectivity index (χ3v) is 9.47. The molecule has 1 N–H and O–H groups in total. The molecule has 1 unspecified atom stereocenters. The molecule has 0 saturated carbocycles. The Hall–Kier alpha value is -1.51. The summed E-state index contributed by atoms with van der Waals surface area (Å²) in [5.74, 6) is -0.813. The Kier molecular flexibility index (Phi) is 32.3. The summed E-state index contributed by atoms with van der Waals surface area (Å²) in [6.07, 6.45) is 33.6. The zero-order valence-electron chi connectivity index (χ0n) is 32.9. The van der Waals surface area contributed by atoms with Crippen molar-refractivity contribution in [2.45, 2.75) is 174 Å². The van der Waals surface area contributed by atoms with Gasteiger partial charge >= 0.3 is 19.8 Å². The van der Waals surface area contributed by atoms with Gasteiger partial charge in [0.2, 0.25) is 0 Å². The molecule has 50 heavy (non-hydrogen) atoms. The van der Waals surface area contributed by atoms with Crippen molar-refractivity contribution in [1.82, 2.24) is 0 Å². The minimum Gasteiger partial charge on any atom is -0.462 e. The van der Waals surface area contributed by atoms with E-state index >= 15 is 0 Å². The Bertz CT molecular complexity index is 918. The molecule has 0 saturated heterocycles. The van der Waals surface area contributed by atoms with Crippen molar-refractivity contribution >= 4 is 19.8 Å². The predicted octanol–water partition coefficient (Wildman–Crippen LogP) is 10.8. The van der Waals surface area contributed by atoms with Gasteiger partial charge in [0.05, 0.1) is 27.7 Å². The lowest BCUT2D eigenvalue weighted by Gasteiger charge is -2.24. The van der Waals surface area contributed by atoms with Gasteiger partial charge in [-0.1, -0.05) is 134 Å². The summed E-state index contributed by atoms with van der Waals surface area (Å²) in [5, 5.41) is 0. The number of esters is 2. The standard InChI is InChI=1S/C40H76NO8P/c1-6-8-10-12-14-16-18-19-20-21-23-24-26-28-30-32-39(42)46-36-38(37-48-50(44,45)47-35-34-41(3,4)5)49-40(43)33-31-29-27-25-22-17-15-13-11-9-7-2/h14,16,19-20,38H,6-13,15,17-18,21-37H2,1-5H3/p+1/b16-14+,20-19+/t38-/m1/s1. The summed E-state index contributed by atoms with van der Waals surface area (Å²) < 4.78 is 34.2. The molecule has 0 aromatic heterocycles. The summed E-state index contributed by atoms with van der Waals surface area (Å²) >= 11 is 0. The lowest BCUT2D eigenvalue weighted by atomic mass is 10.1. The fraction of sp³-hybridized carbons (Fsp3) is 0.850. The van der Waals surface area contributed by atoms with E-state index in [1.807, 2.05) is 21.1 Å². The summed E-state index contributed by atoms with van der Waals surface area (Å²) in [6.45, 7) is 4.36. The first-order valence-corrected chi connectivity index (χ1v) is 21.6. The van der Waals surface area contributed by atoms with Crippen LogP contribution in [0.25, 0.3) is 0 Å². The van der Waals surface area contributed by atoms with E-state index in [0.29, 0.717) is 17.4 Å². The molecule has 0 rings (SSSR count). The molecule has 0 bridgehead atoms. The van der Waals surface area contributed by atoms with Crippen molar-refractivity contribution in [3.63, 3.8) is 0 Å². The summed E-state index contributed by atoms with van der Waals surface area (Å²) in [6, 6.07) is 0. The maximum atomic E-state index is 12.6. The SMILES string of the molecule is CCCCC/C=C/C/C=C/CCCCCCCC(=O)OC[C@H](COP(=O)(O)OCC[N+](C)(C)C)OC(=O)CCCCCCCCCCCCC. The van der Waals surface area contributed by atoms with Crippen LogP contribution in [0.5, 0.6) is 0 Å². The number of ether oxygens (including phenoxy) is 2. The molecule has 0 spiro atoms. The first kappa shape index (κ1) is 48.5. The van der Waals surface area contributed by atoms with Crippen LogP contribution in [-0.2, 0) is 32.7 Å². The first-order valence-electron chi connectivity index (χ1n) is 20.1. The fourth-order valence-corrected chi connectivity index (χ4v) is 6.02. The lowest BCUT2D eigenvalue weighted by molar-refractivity contribution is -0.870. The van der Waals surface area contributed by atoms with E-state index < -0.39 is 26.5 Å². The molecule has 10 heteroatoms. The number of unbranched alkanes of at least 4 members (excludes halogenated alkanes) is 18. The van der Waals surface area contributed by atoms with E-state index in [1.54, 1.807) is 0 Å². The highest BCUT2D eigenvalue weighted by Crippen LogP contribution is 2.43. The molecule has 0 radical (unpaired) electrons. The van der Waals surface area contributed by atoms with Crippen LogP contribution in [0, 0.1) is 0 Å². The van der Waals surface area contributed by atoms with Crippen LogP contribution in [0.3, 0.4) is 0 Å². The van der Waals surface area contributed by atoms with Crippen molar-refractivity contribution in [2.75, 3.05) is 47.5 Å². The largest absolute Gasteiger partial charge is 0.472 e. The van der Waals surface area contributed by atoms with Gasteiger partial charge in [-0.25, -0.2) is 4.57 Å². The molecule has 0 aliphatic carbocycles.